The lowest BCUT2D eigenvalue weighted by molar-refractivity contribution is -0.139. The van der Waals surface area contributed by atoms with E-state index in [4.69, 9.17) is 11.6 Å². The highest BCUT2D eigenvalue weighted by Gasteiger charge is 2.32. The van der Waals surface area contributed by atoms with Crippen LogP contribution in [0.1, 0.15) is 31.9 Å². The zero-order valence-corrected chi connectivity index (χ0v) is 25.6. The molecule has 10 heteroatoms. The minimum Gasteiger partial charge on any atom is -0.354 e. The lowest BCUT2D eigenvalue weighted by Crippen LogP contribution is -2.51. The third kappa shape index (κ3) is 8.30. The van der Waals surface area contributed by atoms with E-state index in [-0.39, 0.29) is 23.3 Å². The maximum Gasteiger partial charge on any atom is 0.264 e. The fourth-order valence-corrected chi connectivity index (χ4v) is 5.73. The van der Waals surface area contributed by atoms with Crippen LogP contribution in [-0.2, 0) is 26.2 Å². The number of nitrogens with zero attached hydrogens (tertiary/aromatic N) is 2. The van der Waals surface area contributed by atoms with Gasteiger partial charge in [0.25, 0.3) is 10.0 Å². The molecule has 1 atom stereocenters. The summed E-state index contributed by atoms with van der Waals surface area (Å²) in [5.74, 6) is -0.623. The molecule has 3 aromatic rings. The Labute approximate surface area is 244 Å². The van der Waals surface area contributed by atoms with Gasteiger partial charge in [0.15, 0.2) is 0 Å². The Morgan fingerprint density at radius 3 is 2.21 bits per heavy atom. The summed E-state index contributed by atoms with van der Waals surface area (Å²) < 4.78 is 29.5. The number of hydrogen-bond acceptors (Lipinski definition) is 4. The van der Waals surface area contributed by atoms with E-state index >= 15 is 0 Å². The van der Waals surface area contributed by atoms with E-state index < -0.39 is 28.5 Å². The molecule has 0 saturated carbocycles. The minimum atomic E-state index is -4.11. The van der Waals surface area contributed by atoms with E-state index in [9.17, 15) is 18.0 Å². The second-order valence-electron chi connectivity index (χ2n) is 9.77. The highest BCUT2D eigenvalue weighted by atomic mass is 79.9. The minimum absolute atomic E-state index is 0.0629. The number of hydrogen-bond donors (Lipinski definition) is 1. The highest BCUT2D eigenvalue weighted by molar-refractivity contribution is 9.10. The zero-order chi connectivity index (χ0) is 28.7. The lowest BCUT2D eigenvalue weighted by atomic mass is 10.1. The Morgan fingerprint density at radius 1 is 0.974 bits per heavy atom. The molecule has 0 aliphatic carbocycles. The number of rotatable bonds is 11. The average Bonchev–Trinajstić information content (AvgIpc) is 2.89. The monoisotopic (exact) mass is 633 g/mol. The van der Waals surface area contributed by atoms with Crippen LogP contribution in [0.2, 0.25) is 5.02 Å². The average molecular weight is 635 g/mol. The summed E-state index contributed by atoms with van der Waals surface area (Å²) in [7, 11) is -4.11. The number of aryl methyl sites for hydroxylation is 1. The molecule has 2 amide bonds. The van der Waals surface area contributed by atoms with Crippen LogP contribution >= 0.6 is 27.5 Å². The molecule has 0 radical (unpaired) electrons. The Hall–Kier alpha value is -2.88. The van der Waals surface area contributed by atoms with Crippen LogP contribution in [-0.4, -0.2) is 44.3 Å². The Morgan fingerprint density at radius 2 is 1.62 bits per heavy atom. The molecule has 0 aliphatic rings. The van der Waals surface area contributed by atoms with Gasteiger partial charge >= 0.3 is 0 Å². The van der Waals surface area contributed by atoms with E-state index in [0.717, 1.165) is 19.9 Å². The van der Waals surface area contributed by atoms with Crippen molar-refractivity contribution >= 4 is 55.1 Å². The molecule has 0 bridgehead atoms. The van der Waals surface area contributed by atoms with E-state index in [2.05, 4.69) is 21.2 Å². The van der Waals surface area contributed by atoms with Gasteiger partial charge in [0, 0.05) is 22.6 Å². The van der Waals surface area contributed by atoms with Crippen molar-refractivity contribution in [1.82, 2.24) is 10.2 Å². The largest absolute Gasteiger partial charge is 0.354 e. The number of nitrogens with one attached hydrogen (secondary N) is 1. The molecule has 208 valence electrons. The molecule has 39 heavy (non-hydrogen) atoms. The third-order valence-electron chi connectivity index (χ3n) is 6.10. The number of benzene rings is 3. The van der Waals surface area contributed by atoms with Crippen molar-refractivity contribution < 1.29 is 18.0 Å². The van der Waals surface area contributed by atoms with Crippen LogP contribution in [0.15, 0.2) is 82.2 Å². The lowest BCUT2D eigenvalue weighted by Gasteiger charge is -2.32. The van der Waals surface area contributed by atoms with Crippen LogP contribution in [0.4, 0.5) is 5.69 Å². The maximum absolute atomic E-state index is 13.9. The Bertz CT molecular complexity index is 1400. The van der Waals surface area contributed by atoms with Crippen LogP contribution in [0.25, 0.3) is 0 Å². The number of carbonyl (C=O) groups excluding carboxylic acids is 2. The number of sulfonamides is 1. The molecular weight excluding hydrogens is 602 g/mol. The van der Waals surface area contributed by atoms with Crippen molar-refractivity contribution in [3.63, 3.8) is 0 Å². The highest BCUT2D eigenvalue weighted by Crippen LogP contribution is 2.26. The van der Waals surface area contributed by atoms with Crippen molar-refractivity contribution in [2.24, 2.45) is 5.92 Å². The van der Waals surface area contributed by atoms with E-state index in [1.165, 1.54) is 17.0 Å². The molecule has 7 nitrogen and oxygen atoms in total. The van der Waals surface area contributed by atoms with E-state index in [1.54, 1.807) is 67.6 Å². The standard InChI is InChI=1S/C29H33BrClN3O4S/c1-20(2)17-32-29(36)22(4)33(18-23-6-5-7-25(31)16-23)28(35)19-34(26-12-10-24(30)11-13-26)39(37,38)27-14-8-21(3)9-15-27/h5-16,20,22H,17-19H2,1-4H3,(H,32,36). The fourth-order valence-electron chi connectivity index (χ4n) is 3.84. The second kappa shape index (κ2) is 13.5. The van der Waals surface area contributed by atoms with Crippen molar-refractivity contribution in [2.45, 2.75) is 45.2 Å². The van der Waals surface area contributed by atoms with Crippen molar-refractivity contribution in [2.75, 3.05) is 17.4 Å². The molecule has 3 rings (SSSR count). The van der Waals surface area contributed by atoms with Crippen LogP contribution in [0.5, 0.6) is 0 Å². The quantitative estimate of drug-likeness (QED) is 0.289. The van der Waals surface area contributed by atoms with Gasteiger partial charge in [-0.15, -0.1) is 0 Å². The van der Waals surface area contributed by atoms with Crippen LogP contribution in [0, 0.1) is 12.8 Å². The molecule has 0 heterocycles. The smallest absolute Gasteiger partial charge is 0.264 e. The van der Waals surface area contributed by atoms with E-state index in [0.29, 0.717) is 17.3 Å². The van der Waals surface area contributed by atoms with Crippen molar-refractivity contribution in [3.05, 3.63) is 93.4 Å². The molecule has 0 spiro atoms. The third-order valence-corrected chi connectivity index (χ3v) is 8.65. The Balaban J connectivity index is 2.01. The SMILES string of the molecule is Cc1ccc(S(=O)(=O)N(CC(=O)N(Cc2cccc(Cl)c2)C(C)C(=O)NCC(C)C)c2ccc(Br)cc2)cc1. The predicted molar refractivity (Wildman–Crippen MR) is 159 cm³/mol. The molecule has 1 N–H and O–H groups in total. The molecule has 0 saturated heterocycles. The molecular formula is C29H33BrClN3O4S. The molecule has 1 unspecified atom stereocenters. The summed E-state index contributed by atoms with van der Waals surface area (Å²) in [5.41, 5.74) is 1.96. The Kier molecular flexibility index (Phi) is 10.6. The first-order valence-corrected chi connectivity index (χ1v) is 15.2. The van der Waals surface area contributed by atoms with Gasteiger partial charge in [-0.25, -0.2) is 8.42 Å². The summed E-state index contributed by atoms with van der Waals surface area (Å²) >= 11 is 9.55. The van der Waals surface area contributed by atoms with Gasteiger partial charge in [0.2, 0.25) is 11.8 Å². The fraction of sp³-hybridized carbons (Fsp3) is 0.310. The van der Waals surface area contributed by atoms with Gasteiger partial charge in [-0.2, -0.15) is 0 Å². The first kappa shape index (κ1) is 30.7. The van der Waals surface area contributed by atoms with Gasteiger partial charge in [0.05, 0.1) is 10.6 Å². The summed E-state index contributed by atoms with van der Waals surface area (Å²) in [6.45, 7) is 7.49. The van der Waals surface area contributed by atoms with Crippen molar-refractivity contribution in [1.29, 1.82) is 0 Å². The van der Waals surface area contributed by atoms with Gasteiger partial charge in [-0.1, -0.05) is 71.2 Å². The first-order valence-electron chi connectivity index (χ1n) is 12.5. The summed E-state index contributed by atoms with van der Waals surface area (Å²) in [6.07, 6.45) is 0. The summed E-state index contributed by atoms with van der Waals surface area (Å²) in [6, 6.07) is 19.3. The molecule has 0 aromatic heterocycles. The van der Waals surface area contributed by atoms with Gasteiger partial charge < -0.3 is 10.2 Å². The number of halogens is 2. The summed E-state index contributed by atoms with van der Waals surface area (Å²) in [5, 5.41) is 3.37. The first-order chi connectivity index (χ1) is 18.4. The van der Waals surface area contributed by atoms with Crippen molar-refractivity contribution in [3.8, 4) is 0 Å². The van der Waals surface area contributed by atoms with Gasteiger partial charge in [-0.3, -0.25) is 13.9 Å². The molecule has 3 aromatic carbocycles. The topological polar surface area (TPSA) is 86.8 Å². The van der Waals surface area contributed by atoms with Crippen LogP contribution in [0.3, 0.4) is 0 Å². The normalized spacial score (nSPS) is 12.2. The van der Waals surface area contributed by atoms with Gasteiger partial charge in [0.1, 0.15) is 12.6 Å². The summed E-state index contributed by atoms with van der Waals surface area (Å²) in [4.78, 5) is 28.4. The molecule has 0 fully saturated rings. The number of carbonyl (C=O) groups is 2. The maximum atomic E-state index is 13.9. The zero-order valence-electron chi connectivity index (χ0n) is 22.4. The number of anilines is 1. The number of amides is 2. The molecule has 0 aliphatic heterocycles. The van der Waals surface area contributed by atoms with Crippen LogP contribution < -0.4 is 9.62 Å². The second-order valence-corrected chi connectivity index (χ2v) is 13.0. The predicted octanol–water partition coefficient (Wildman–Crippen LogP) is 5.80. The van der Waals surface area contributed by atoms with Gasteiger partial charge in [-0.05, 0) is 73.9 Å². The van der Waals surface area contributed by atoms with E-state index in [1.807, 2.05) is 20.8 Å².